The monoisotopic (exact) mass is 246 g/mol. The molecule has 2 atom stereocenters. The maximum atomic E-state index is 5.62. The van der Waals surface area contributed by atoms with Crippen molar-refractivity contribution in [1.29, 1.82) is 0 Å². The molecule has 2 aliphatic rings. The van der Waals surface area contributed by atoms with Gasteiger partial charge >= 0.3 is 0 Å². The average Bonchev–Trinajstić information content (AvgIpc) is 2.46. The molecule has 1 aromatic rings. The zero-order valence-electron chi connectivity index (χ0n) is 11.1. The van der Waals surface area contributed by atoms with E-state index in [4.69, 9.17) is 4.74 Å². The zero-order valence-corrected chi connectivity index (χ0v) is 11.1. The van der Waals surface area contributed by atoms with E-state index >= 15 is 0 Å². The average molecular weight is 246 g/mol. The Morgan fingerprint density at radius 3 is 3.17 bits per heavy atom. The minimum absolute atomic E-state index is 0.517. The maximum Gasteiger partial charge on any atom is 0.0622 e. The molecule has 3 nitrogen and oxygen atoms in total. The number of fused-ring (bicyclic) bond motifs is 1. The van der Waals surface area contributed by atoms with Gasteiger partial charge in [0.1, 0.15) is 0 Å². The van der Waals surface area contributed by atoms with E-state index in [-0.39, 0.29) is 0 Å². The second-order valence-electron chi connectivity index (χ2n) is 5.22. The minimum Gasteiger partial charge on any atom is -0.378 e. The smallest absolute Gasteiger partial charge is 0.0622 e. The first-order valence-corrected chi connectivity index (χ1v) is 7.02. The van der Waals surface area contributed by atoms with Crippen LogP contribution in [0.15, 0.2) is 24.3 Å². The van der Waals surface area contributed by atoms with E-state index in [1.807, 2.05) is 0 Å². The molecule has 0 aliphatic carbocycles. The number of hydrogen-bond acceptors (Lipinski definition) is 3. The topological polar surface area (TPSA) is 24.5 Å². The Morgan fingerprint density at radius 2 is 2.28 bits per heavy atom. The molecule has 2 heterocycles. The van der Waals surface area contributed by atoms with Gasteiger partial charge in [0.15, 0.2) is 0 Å². The van der Waals surface area contributed by atoms with Crippen LogP contribution in [0.1, 0.15) is 30.5 Å². The summed E-state index contributed by atoms with van der Waals surface area (Å²) in [5.74, 6) is 0. The summed E-state index contributed by atoms with van der Waals surface area (Å²) in [4.78, 5) is 2.63. The third kappa shape index (κ3) is 2.18. The third-order valence-corrected chi connectivity index (χ3v) is 4.21. The van der Waals surface area contributed by atoms with Gasteiger partial charge in [-0.1, -0.05) is 31.2 Å². The first kappa shape index (κ1) is 12.2. The Hall–Kier alpha value is -0.900. The lowest BCUT2D eigenvalue weighted by Gasteiger charge is -2.43. The van der Waals surface area contributed by atoms with Crippen molar-refractivity contribution in [1.82, 2.24) is 10.2 Å². The summed E-state index contributed by atoms with van der Waals surface area (Å²) in [6.45, 7) is 7.14. The Kier molecular flexibility index (Phi) is 3.64. The first-order chi connectivity index (χ1) is 8.90. The molecule has 0 bridgehead atoms. The predicted octanol–water partition coefficient (Wildman–Crippen LogP) is 1.94. The minimum atomic E-state index is 0.517. The normalized spacial score (nSPS) is 28.9. The van der Waals surface area contributed by atoms with Gasteiger partial charge in [0, 0.05) is 31.7 Å². The van der Waals surface area contributed by atoms with Gasteiger partial charge in [-0.15, -0.1) is 0 Å². The van der Waals surface area contributed by atoms with Crippen LogP contribution >= 0.6 is 0 Å². The summed E-state index contributed by atoms with van der Waals surface area (Å²) >= 11 is 0. The summed E-state index contributed by atoms with van der Waals surface area (Å²) < 4.78 is 5.62. The molecule has 0 radical (unpaired) electrons. The van der Waals surface area contributed by atoms with Gasteiger partial charge in [0.05, 0.1) is 13.2 Å². The van der Waals surface area contributed by atoms with Gasteiger partial charge in [0.25, 0.3) is 0 Å². The lowest BCUT2D eigenvalue weighted by atomic mass is 9.94. The van der Waals surface area contributed by atoms with Crippen molar-refractivity contribution in [3.8, 4) is 0 Å². The van der Waals surface area contributed by atoms with E-state index in [1.54, 1.807) is 0 Å². The zero-order chi connectivity index (χ0) is 12.4. The number of rotatable bonds is 2. The van der Waals surface area contributed by atoms with Crippen LogP contribution < -0.4 is 5.32 Å². The Balaban J connectivity index is 1.88. The van der Waals surface area contributed by atoms with Crippen LogP contribution in [0, 0.1) is 0 Å². The van der Waals surface area contributed by atoms with Crippen molar-refractivity contribution in [3.05, 3.63) is 35.4 Å². The predicted molar refractivity (Wildman–Crippen MR) is 72.5 cm³/mol. The van der Waals surface area contributed by atoms with Crippen LogP contribution in [0.25, 0.3) is 0 Å². The van der Waals surface area contributed by atoms with Gasteiger partial charge in [-0.25, -0.2) is 0 Å². The summed E-state index contributed by atoms with van der Waals surface area (Å²) in [6.07, 6.45) is 1.17. The molecule has 0 spiro atoms. The highest BCUT2D eigenvalue weighted by Gasteiger charge is 2.31. The summed E-state index contributed by atoms with van der Waals surface area (Å²) in [6, 6.07) is 9.93. The SMILES string of the molecule is CCC1COCCN1C1CNCc2ccccc21. The number of nitrogens with one attached hydrogen (secondary N) is 1. The molecule has 18 heavy (non-hydrogen) atoms. The fraction of sp³-hybridized carbons (Fsp3) is 0.600. The van der Waals surface area contributed by atoms with Crippen molar-refractivity contribution < 1.29 is 4.74 Å². The Morgan fingerprint density at radius 1 is 1.39 bits per heavy atom. The van der Waals surface area contributed by atoms with Crippen LogP contribution in [0.2, 0.25) is 0 Å². The fourth-order valence-electron chi connectivity index (χ4n) is 3.20. The highest BCUT2D eigenvalue weighted by Crippen LogP contribution is 2.30. The van der Waals surface area contributed by atoms with Crippen molar-refractivity contribution >= 4 is 0 Å². The number of nitrogens with zero attached hydrogens (tertiary/aromatic N) is 1. The molecule has 0 amide bonds. The van der Waals surface area contributed by atoms with E-state index in [9.17, 15) is 0 Å². The number of benzene rings is 1. The number of ether oxygens (including phenoxy) is 1. The highest BCUT2D eigenvalue weighted by molar-refractivity contribution is 5.32. The molecular formula is C15H22N2O. The molecule has 98 valence electrons. The molecule has 0 saturated carbocycles. The van der Waals surface area contributed by atoms with Crippen molar-refractivity contribution in [2.75, 3.05) is 26.3 Å². The molecule has 2 aliphatic heterocycles. The van der Waals surface area contributed by atoms with E-state index in [1.165, 1.54) is 17.5 Å². The van der Waals surface area contributed by atoms with Gasteiger partial charge in [0.2, 0.25) is 0 Å². The van der Waals surface area contributed by atoms with Crippen LogP contribution in [-0.4, -0.2) is 37.2 Å². The number of morpholine rings is 1. The summed E-state index contributed by atoms with van der Waals surface area (Å²) in [5.41, 5.74) is 2.96. The molecular weight excluding hydrogens is 224 g/mol. The van der Waals surface area contributed by atoms with Crippen LogP contribution in [0.5, 0.6) is 0 Å². The molecule has 3 heteroatoms. The molecule has 0 aromatic heterocycles. The molecule has 1 saturated heterocycles. The highest BCUT2D eigenvalue weighted by atomic mass is 16.5. The van der Waals surface area contributed by atoms with Crippen LogP contribution in [0.3, 0.4) is 0 Å². The van der Waals surface area contributed by atoms with E-state index in [0.29, 0.717) is 12.1 Å². The first-order valence-electron chi connectivity index (χ1n) is 7.02. The molecule has 2 unspecified atom stereocenters. The lowest BCUT2D eigenvalue weighted by Crippen LogP contribution is -2.50. The van der Waals surface area contributed by atoms with Gasteiger partial charge in [-0.05, 0) is 17.5 Å². The standard InChI is InChI=1S/C15H22N2O/c1-2-13-11-18-8-7-17(13)15-10-16-9-12-5-3-4-6-14(12)15/h3-6,13,15-16H,2,7-11H2,1H3. The van der Waals surface area contributed by atoms with Gasteiger partial charge < -0.3 is 10.1 Å². The van der Waals surface area contributed by atoms with E-state index < -0.39 is 0 Å². The van der Waals surface area contributed by atoms with Gasteiger partial charge in [-0.3, -0.25) is 4.90 Å². The van der Waals surface area contributed by atoms with Crippen LogP contribution in [-0.2, 0) is 11.3 Å². The lowest BCUT2D eigenvalue weighted by molar-refractivity contribution is -0.0320. The maximum absolute atomic E-state index is 5.62. The van der Waals surface area contributed by atoms with Gasteiger partial charge in [-0.2, -0.15) is 0 Å². The van der Waals surface area contributed by atoms with Crippen molar-refractivity contribution in [3.63, 3.8) is 0 Å². The van der Waals surface area contributed by atoms with E-state index in [0.717, 1.165) is 32.8 Å². The molecule has 1 aromatic carbocycles. The third-order valence-electron chi connectivity index (χ3n) is 4.21. The largest absolute Gasteiger partial charge is 0.378 e. The fourth-order valence-corrected chi connectivity index (χ4v) is 3.20. The van der Waals surface area contributed by atoms with E-state index in [2.05, 4.69) is 41.4 Å². The molecule has 1 N–H and O–H groups in total. The summed E-state index contributed by atoms with van der Waals surface area (Å²) in [5, 5.41) is 3.55. The second-order valence-corrected chi connectivity index (χ2v) is 5.22. The molecule has 3 rings (SSSR count). The quantitative estimate of drug-likeness (QED) is 0.863. The van der Waals surface area contributed by atoms with Crippen molar-refractivity contribution in [2.24, 2.45) is 0 Å². The molecule has 1 fully saturated rings. The second kappa shape index (κ2) is 5.39. The van der Waals surface area contributed by atoms with Crippen molar-refractivity contribution in [2.45, 2.75) is 32.0 Å². The Bertz CT molecular complexity index is 407. The number of hydrogen-bond donors (Lipinski definition) is 1. The van der Waals surface area contributed by atoms with Crippen LogP contribution in [0.4, 0.5) is 0 Å². The Labute approximate surface area is 109 Å². The summed E-state index contributed by atoms with van der Waals surface area (Å²) in [7, 11) is 0.